The summed E-state index contributed by atoms with van der Waals surface area (Å²) >= 11 is 0. The van der Waals surface area contributed by atoms with E-state index in [2.05, 4.69) is 14.8 Å². The maximum atomic E-state index is 13.3. The average molecular weight is 501 g/mol. The van der Waals surface area contributed by atoms with Gasteiger partial charge in [0.1, 0.15) is 5.82 Å². The van der Waals surface area contributed by atoms with Gasteiger partial charge in [-0.3, -0.25) is 9.36 Å². The molecule has 0 saturated carbocycles. The van der Waals surface area contributed by atoms with Gasteiger partial charge in [-0.15, -0.1) is 0 Å². The van der Waals surface area contributed by atoms with E-state index in [4.69, 9.17) is 24.2 Å². The van der Waals surface area contributed by atoms with E-state index in [1.165, 1.54) is 0 Å². The molecule has 0 N–H and O–H groups in total. The van der Waals surface area contributed by atoms with Crippen molar-refractivity contribution in [1.29, 1.82) is 0 Å². The minimum absolute atomic E-state index is 0.0296. The molecule has 37 heavy (non-hydrogen) atoms. The maximum Gasteiger partial charge on any atom is 0.261 e. The molecule has 5 heterocycles. The number of piperidine rings is 1. The lowest BCUT2D eigenvalue weighted by molar-refractivity contribution is 0.122. The van der Waals surface area contributed by atoms with Crippen molar-refractivity contribution >= 4 is 33.6 Å². The Morgan fingerprint density at radius 2 is 1.65 bits per heavy atom. The summed E-state index contributed by atoms with van der Waals surface area (Å²) in [6.07, 6.45) is 3.35. The number of anilines is 2. The fraction of sp³-hybridized carbons (Fsp3) is 0.407. The van der Waals surface area contributed by atoms with E-state index in [1.54, 1.807) is 6.33 Å². The zero-order valence-corrected chi connectivity index (χ0v) is 20.7. The molecule has 0 radical (unpaired) electrons. The van der Waals surface area contributed by atoms with Crippen LogP contribution in [0.25, 0.3) is 21.8 Å². The maximum absolute atomic E-state index is 13.3. The normalized spacial score (nSPS) is 18.2. The number of aromatic nitrogens is 4. The van der Waals surface area contributed by atoms with Gasteiger partial charge in [0.15, 0.2) is 11.5 Å². The van der Waals surface area contributed by atoms with Crippen molar-refractivity contribution in [2.75, 3.05) is 56.0 Å². The summed E-state index contributed by atoms with van der Waals surface area (Å²) in [7, 11) is 0. The first-order valence-electron chi connectivity index (χ1n) is 12.8. The van der Waals surface area contributed by atoms with E-state index in [-0.39, 0.29) is 18.4 Å². The molecule has 0 unspecified atom stereocenters. The minimum atomic E-state index is 0.0296. The van der Waals surface area contributed by atoms with Crippen LogP contribution < -0.4 is 24.8 Å². The molecule has 190 valence electrons. The molecule has 10 heteroatoms. The second-order valence-electron chi connectivity index (χ2n) is 9.87. The summed E-state index contributed by atoms with van der Waals surface area (Å²) in [6, 6.07) is 9.86. The predicted octanol–water partition coefficient (Wildman–Crippen LogP) is 3.05. The SMILES string of the molecule is Cc1ccc2ncn(C3CCN(c4nc(N5CCOCC5)nc5cc6c(cc45)OCO6)CC3)c(=O)c2c1. The van der Waals surface area contributed by atoms with Crippen LogP contribution in [0.3, 0.4) is 0 Å². The van der Waals surface area contributed by atoms with Gasteiger partial charge in [0, 0.05) is 43.7 Å². The number of aryl methyl sites for hydroxylation is 1. The topological polar surface area (TPSA) is 94.8 Å². The van der Waals surface area contributed by atoms with Gasteiger partial charge in [-0.05, 0) is 38.0 Å². The van der Waals surface area contributed by atoms with Gasteiger partial charge < -0.3 is 24.0 Å². The van der Waals surface area contributed by atoms with Crippen molar-refractivity contribution in [1.82, 2.24) is 19.5 Å². The number of morpholine rings is 1. The third-order valence-electron chi connectivity index (χ3n) is 7.55. The van der Waals surface area contributed by atoms with Crippen molar-refractivity contribution in [2.24, 2.45) is 0 Å². The molecule has 0 amide bonds. The predicted molar refractivity (Wildman–Crippen MR) is 140 cm³/mol. The highest BCUT2D eigenvalue weighted by molar-refractivity contribution is 5.93. The Kier molecular flexibility index (Phi) is 5.35. The van der Waals surface area contributed by atoms with Crippen LogP contribution in [-0.2, 0) is 4.74 Å². The highest BCUT2D eigenvalue weighted by Gasteiger charge is 2.27. The van der Waals surface area contributed by atoms with E-state index in [9.17, 15) is 4.79 Å². The van der Waals surface area contributed by atoms with Crippen LogP contribution in [0, 0.1) is 6.92 Å². The van der Waals surface area contributed by atoms with Crippen LogP contribution in [0.15, 0.2) is 41.5 Å². The van der Waals surface area contributed by atoms with Crippen molar-refractivity contribution in [2.45, 2.75) is 25.8 Å². The standard InChI is InChI=1S/C27H28N6O4/c1-17-2-3-21-20(12-17)26(34)33(15-28-21)18-4-6-31(7-5-18)25-19-13-23-24(37-16-36-23)14-22(19)29-27(30-25)32-8-10-35-11-9-32/h2-3,12-15,18H,4-11,16H2,1H3. The number of hydrogen-bond acceptors (Lipinski definition) is 9. The summed E-state index contributed by atoms with van der Waals surface area (Å²) in [5.41, 5.74) is 2.67. The van der Waals surface area contributed by atoms with Crippen molar-refractivity contribution in [3.8, 4) is 11.5 Å². The highest BCUT2D eigenvalue weighted by atomic mass is 16.7. The number of ether oxygens (including phenoxy) is 3. The lowest BCUT2D eigenvalue weighted by Crippen LogP contribution is -2.39. The van der Waals surface area contributed by atoms with Gasteiger partial charge in [-0.25, -0.2) is 9.97 Å². The number of fused-ring (bicyclic) bond motifs is 3. The molecule has 7 rings (SSSR count). The molecule has 0 aliphatic carbocycles. The van der Waals surface area contributed by atoms with Crippen LogP contribution in [0.2, 0.25) is 0 Å². The summed E-state index contributed by atoms with van der Waals surface area (Å²) in [4.78, 5) is 32.2. The molecule has 3 aliphatic rings. The van der Waals surface area contributed by atoms with E-state index in [0.717, 1.165) is 72.6 Å². The Morgan fingerprint density at radius 3 is 2.46 bits per heavy atom. The van der Waals surface area contributed by atoms with Gasteiger partial charge in [0.2, 0.25) is 12.7 Å². The van der Waals surface area contributed by atoms with Crippen LogP contribution in [0.5, 0.6) is 11.5 Å². The molecule has 3 aliphatic heterocycles. The van der Waals surface area contributed by atoms with Crippen LogP contribution in [0.1, 0.15) is 24.4 Å². The Bertz CT molecular complexity index is 1560. The molecule has 0 bridgehead atoms. The first-order chi connectivity index (χ1) is 18.1. The van der Waals surface area contributed by atoms with E-state index < -0.39 is 0 Å². The van der Waals surface area contributed by atoms with E-state index in [1.807, 2.05) is 41.8 Å². The smallest absolute Gasteiger partial charge is 0.261 e. The van der Waals surface area contributed by atoms with Crippen LogP contribution in [-0.4, -0.2) is 65.7 Å². The van der Waals surface area contributed by atoms with Crippen molar-refractivity contribution in [3.63, 3.8) is 0 Å². The van der Waals surface area contributed by atoms with Crippen molar-refractivity contribution in [3.05, 3.63) is 52.6 Å². The van der Waals surface area contributed by atoms with Gasteiger partial charge in [0.05, 0.1) is 36.0 Å². The Morgan fingerprint density at radius 1 is 0.865 bits per heavy atom. The molecule has 0 spiro atoms. The second kappa shape index (κ2) is 8.88. The molecule has 2 aromatic carbocycles. The molecule has 2 saturated heterocycles. The molecule has 0 atom stereocenters. The summed E-state index contributed by atoms with van der Waals surface area (Å²) < 4.78 is 18.6. The summed E-state index contributed by atoms with van der Waals surface area (Å²) in [6.45, 7) is 6.60. The molecule has 10 nitrogen and oxygen atoms in total. The third-order valence-corrected chi connectivity index (χ3v) is 7.55. The molecular formula is C27H28N6O4. The molecule has 4 aromatic rings. The quantitative estimate of drug-likeness (QED) is 0.421. The largest absolute Gasteiger partial charge is 0.454 e. The minimum Gasteiger partial charge on any atom is -0.454 e. The second-order valence-corrected chi connectivity index (χ2v) is 9.87. The van der Waals surface area contributed by atoms with E-state index >= 15 is 0 Å². The number of rotatable bonds is 3. The van der Waals surface area contributed by atoms with Gasteiger partial charge in [-0.1, -0.05) is 11.6 Å². The van der Waals surface area contributed by atoms with Crippen molar-refractivity contribution < 1.29 is 14.2 Å². The lowest BCUT2D eigenvalue weighted by atomic mass is 10.0. The van der Waals surface area contributed by atoms with Crippen LogP contribution >= 0.6 is 0 Å². The summed E-state index contributed by atoms with van der Waals surface area (Å²) in [5, 5.41) is 1.62. The highest BCUT2D eigenvalue weighted by Crippen LogP contribution is 2.40. The van der Waals surface area contributed by atoms with Gasteiger partial charge in [-0.2, -0.15) is 4.98 Å². The van der Waals surface area contributed by atoms with Gasteiger partial charge >= 0.3 is 0 Å². The number of nitrogens with zero attached hydrogens (tertiary/aromatic N) is 6. The number of benzene rings is 2. The Balaban J connectivity index is 1.22. The summed E-state index contributed by atoms with van der Waals surface area (Å²) in [5.74, 6) is 3.03. The molecule has 2 aromatic heterocycles. The number of hydrogen-bond donors (Lipinski definition) is 0. The monoisotopic (exact) mass is 500 g/mol. The zero-order chi connectivity index (χ0) is 24.9. The Hall–Kier alpha value is -3.92. The first-order valence-corrected chi connectivity index (χ1v) is 12.8. The molecular weight excluding hydrogens is 472 g/mol. The average Bonchev–Trinajstić information content (AvgIpc) is 3.40. The lowest BCUT2D eigenvalue weighted by Gasteiger charge is -2.35. The Labute approximate surface area is 213 Å². The third kappa shape index (κ3) is 3.92. The zero-order valence-electron chi connectivity index (χ0n) is 20.7. The van der Waals surface area contributed by atoms with Crippen LogP contribution in [0.4, 0.5) is 11.8 Å². The fourth-order valence-corrected chi connectivity index (χ4v) is 5.50. The van der Waals surface area contributed by atoms with Gasteiger partial charge in [0.25, 0.3) is 5.56 Å². The molecule has 2 fully saturated rings. The van der Waals surface area contributed by atoms with E-state index in [0.29, 0.717) is 30.3 Å². The first kappa shape index (κ1) is 22.3. The fourth-order valence-electron chi connectivity index (χ4n) is 5.50.